The van der Waals surface area contributed by atoms with E-state index in [-0.39, 0.29) is 23.3 Å². The van der Waals surface area contributed by atoms with Gasteiger partial charge in [-0.05, 0) is 18.5 Å². The lowest BCUT2D eigenvalue weighted by molar-refractivity contribution is -0.384. The molecule has 2 N–H and O–H groups in total. The first-order valence-corrected chi connectivity index (χ1v) is 4.47. The largest absolute Gasteiger partial charge is 0.392 e. The van der Waals surface area contributed by atoms with Crippen LogP contribution >= 0.6 is 11.6 Å². The minimum Gasteiger partial charge on any atom is -0.392 e. The number of nitro groups is 1. The maximum atomic E-state index is 10.6. The molecule has 0 aliphatic heterocycles. The summed E-state index contributed by atoms with van der Waals surface area (Å²) in [5, 5.41) is 22.1. The molecule has 0 spiro atoms. The first kappa shape index (κ1) is 11.6. The number of aliphatic hydroxyl groups is 1. The van der Waals surface area contributed by atoms with Gasteiger partial charge in [0.1, 0.15) is 6.20 Å². The third kappa shape index (κ3) is 3.30. The van der Waals surface area contributed by atoms with Crippen molar-refractivity contribution in [1.29, 1.82) is 0 Å². The number of aliphatic hydroxyl groups excluding tert-OH is 1. The molecule has 0 aromatic carbocycles. The zero-order valence-corrected chi connectivity index (χ0v) is 8.60. The lowest BCUT2D eigenvalue weighted by Crippen LogP contribution is -2.17. The van der Waals surface area contributed by atoms with Gasteiger partial charge in [-0.3, -0.25) is 10.1 Å². The molecule has 82 valence electrons. The molecular weight excluding hydrogens is 224 g/mol. The first-order valence-electron chi connectivity index (χ1n) is 4.09. The number of halogens is 1. The van der Waals surface area contributed by atoms with Gasteiger partial charge in [-0.2, -0.15) is 4.98 Å². The van der Waals surface area contributed by atoms with Crippen LogP contribution in [0.1, 0.15) is 6.92 Å². The number of hydrogen-bond donors (Lipinski definition) is 2. The molecular formula is C7H9ClN4O3. The van der Waals surface area contributed by atoms with Crippen LogP contribution in [0, 0.1) is 10.1 Å². The highest BCUT2D eigenvalue weighted by Gasteiger charge is 2.16. The summed E-state index contributed by atoms with van der Waals surface area (Å²) in [5.41, 5.74) is -0.278. The maximum absolute atomic E-state index is 10.6. The van der Waals surface area contributed by atoms with E-state index in [0.717, 1.165) is 6.20 Å². The number of anilines is 1. The zero-order chi connectivity index (χ0) is 11.4. The molecule has 0 aliphatic carbocycles. The Bertz CT molecular complexity index is 371. The van der Waals surface area contributed by atoms with Gasteiger partial charge in [0.25, 0.3) is 0 Å². The molecule has 1 unspecified atom stereocenters. The van der Waals surface area contributed by atoms with Gasteiger partial charge >= 0.3 is 5.69 Å². The third-order valence-electron chi connectivity index (χ3n) is 1.50. The van der Waals surface area contributed by atoms with Crippen LogP contribution in [-0.2, 0) is 0 Å². The molecule has 0 saturated heterocycles. The molecule has 7 nitrogen and oxygen atoms in total. The van der Waals surface area contributed by atoms with Crippen molar-refractivity contribution in [2.24, 2.45) is 0 Å². The van der Waals surface area contributed by atoms with Crippen molar-refractivity contribution in [2.45, 2.75) is 13.0 Å². The Balaban J connectivity index is 2.92. The van der Waals surface area contributed by atoms with Crippen molar-refractivity contribution >= 4 is 23.1 Å². The Labute approximate surface area is 90.3 Å². The Morgan fingerprint density at radius 3 is 3.00 bits per heavy atom. The highest BCUT2D eigenvalue weighted by Crippen LogP contribution is 2.21. The van der Waals surface area contributed by atoms with Gasteiger partial charge in [0, 0.05) is 6.54 Å². The highest BCUT2D eigenvalue weighted by molar-refractivity contribution is 6.28. The van der Waals surface area contributed by atoms with Crippen molar-refractivity contribution in [3.05, 3.63) is 21.6 Å². The molecule has 0 bridgehead atoms. The fourth-order valence-electron chi connectivity index (χ4n) is 0.862. The van der Waals surface area contributed by atoms with E-state index in [2.05, 4.69) is 15.3 Å². The van der Waals surface area contributed by atoms with Gasteiger partial charge in [-0.15, -0.1) is 0 Å². The van der Waals surface area contributed by atoms with Crippen molar-refractivity contribution in [3.8, 4) is 0 Å². The van der Waals surface area contributed by atoms with Crippen molar-refractivity contribution in [1.82, 2.24) is 9.97 Å². The lowest BCUT2D eigenvalue weighted by atomic mass is 10.4. The Morgan fingerprint density at radius 2 is 2.47 bits per heavy atom. The highest BCUT2D eigenvalue weighted by atomic mass is 35.5. The quantitative estimate of drug-likeness (QED) is 0.453. The number of nitrogens with zero attached hydrogens (tertiary/aromatic N) is 3. The van der Waals surface area contributed by atoms with Crippen LogP contribution in [0.2, 0.25) is 5.28 Å². The van der Waals surface area contributed by atoms with Crippen LogP contribution in [0.4, 0.5) is 11.5 Å². The second-order valence-electron chi connectivity index (χ2n) is 2.86. The summed E-state index contributed by atoms with van der Waals surface area (Å²) < 4.78 is 0. The monoisotopic (exact) mass is 232 g/mol. The summed E-state index contributed by atoms with van der Waals surface area (Å²) >= 11 is 5.49. The van der Waals surface area contributed by atoms with Crippen molar-refractivity contribution in [2.75, 3.05) is 11.9 Å². The second-order valence-corrected chi connectivity index (χ2v) is 3.20. The van der Waals surface area contributed by atoms with Gasteiger partial charge in [0.15, 0.2) is 0 Å². The van der Waals surface area contributed by atoms with Gasteiger partial charge in [0.05, 0.1) is 11.0 Å². The van der Waals surface area contributed by atoms with Gasteiger partial charge in [-0.25, -0.2) is 4.98 Å². The molecule has 15 heavy (non-hydrogen) atoms. The Hall–Kier alpha value is -1.47. The van der Waals surface area contributed by atoms with Crippen LogP contribution in [0.3, 0.4) is 0 Å². The summed E-state index contributed by atoms with van der Waals surface area (Å²) in [4.78, 5) is 17.1. The standard InChI is InChI=1S/C7H9ClN4O3/c1-4(13)2-9-6-5(12(14)15)3-10-7(8)11-6/h3-4,13H,2H2,1H3,(H,9,10,11). The van der Waals surface area contributed by atoms with E-state index in [4.69, 9.17) is 16.7 Å². The lowest BCUT2D eigenvalue weighted by Gasteiger charge is -2.07. The van der Waals surface area contributed by atoms with E-state index < -0.39 is 11.0 Å². The molecule has 8 heteroatoms. The van der Waals surface area contributed by atoms with Crippen molar-refractivity contribution in [3.63, 3.8) is 0 Å². The minimum atomic E-state index is -0.640. The van der Waals surface area contributed by atoms with Crippen LogP contribution in [0.25, 0.3) is 0 Å². The normalized spacial score (nSPS) is 12.2. The van der Waals surface area contributed by atoms with Crippen LogP contribution < -0.4 is 5.32 Å². The predicted molar refractivity (Wildman–Crippen MR) is 53.9 cm³/mol. The van der Waals surface area contributed by atoms with Crippen LogP contribution in [0.5, 0.6) is 0 Å². The van der Waals surface area contributed by atoms with Crippen LogP contribution in [-0.4, -0.2) is 32.6 Å². The first-order chi connectivity index (χ1) is 7.00. The fraction of sp³-hybridized carbons (Fsp3) is 0.429. The molecule has 0 aliphatic rings. The fourth-order valence-corrected chi connectivity index (χ4v) is 0.995. The van der Waals surface area contributed by atoms with E-state index in [0.29, 0.717) is 0 Å². The molecule has 1 atom stereocenters. The van der Waals surface area contributed by atoms with E-state index in [1.807, 2.05) is 0 Å². The zero-order valence-electron chi connectivity index (χ0n) is 7.85. The van der Waals surface area contributed by atoms with Gasteiger partial charge in [0.2, 0.25) is 11.1 Å². The molecule has 0 amide bonds. The minimum absolute atomic E-state index is 0.000833. The molecule has 1 rings (SSSR count). The van der Waals surface area contributed by atoms with Crippen LogP contribution in [0.15, 0.2) is 6.20 Å². The number of aromatic nitrogens is 2. The third-order valence-corrected chi connectivity index (χ3v) is 1.68. The predicted octanol–water partition coefficient (Wildman–Crippen LogP) is 0.831. The summed E-state index contributed by atoms with van der Waals surface area (Å²) in [6, 6.07) is 0. The summed E-state index contributed by atoms with van der Waals surface area (Å²) in [7, 11) is 0. The molecule has 0 saturated carbocycles. The summed E-state index contributed by atoms with van der Waals surface area (Å²) in [6.07, 6.45) is 0.373. The molecule has 0 fully saturated rings. The van der Waals surface area contributed by atoms with E-state index in [1.165, 1.54) is 0 Å². The van der Waals surface area contributed by atoms with E-state index in [1.54, 1.807) is 6.92 Å². The average Bonchev–Trinajstić information content (AvgIpc) is 2.14. The van der Waals surface area contributed by atoms with E-state index >= 15 is 0 Å². The average molecular weight is 233 g/mol. The molecule has 0 radical (unpaired) electrons. The van der Waals surface area contributed by atoms with Gasteiger partial charge in [-0.1, -0.05) is 0 Å². The SMILES string of the molecule is CC(O)CNc1nc(Cl)ncc1[N+](=O)[O-]. The molecule has 1 heterocycles. The number of rotatable bonds is 4. The van der Waals surface area contributed by atoms with Crippen molar-refractivity contribution < 1.29 is 10.0 Å². The maximum Gasteiger partial charge on any atom is 0.329 e. The number of hydrogen-bond acceptors (Lipinski definition) is 6. The second kappa shape index (κ2) is 4.85. The Morgan fingerprint density at radius 1 is 1.80 bits per heavy atom. The summed E-state index contributed by atoms with van der Waals surface area (Å²) in [5.74, 6) is 0.000833. The molecule has 1 aromatic rings. The van der Waals surface area contributed by atoms with E-state index in [9.17, 15) is 10.1 Å². The number of nitrogens with one attached hydrogen (secondary N) is 1. The topological polar surface area (TPSA) is 101 Å². The Kier molecular flexibility index (Phi) is 3.75. The van der Waals surface area contributed by atoms with Gasteiger partial charge < -0.3 is 10.4 Å². The summed E-state index contributed by atoms with van der Waals surface area (Å²) in [6.45, 7) is 1.69. The smallest absolute Gasteiger partial charge is 0.329 e. The molecule has 1 aromatic heterocycles.